The van der Waals surface area contributed by atoms with E-state index in [9.17, 15) is 9.90 Å². The Hall–Kier alpha value is -0.650. The van der Waals surface area contributed by atoms with Crippen LogP contribution in [-0.4, -0.2) is 59.4 Å². The second-order valence-corrected chi connectivity index (χ2v) is 6.21. The predicted octanol–water partition coefficient (Wildman–Crippen LogP) is 0.445. The topological polar surface area (TPSA) is 61.8 Å². The number of hydrogen-bond acceptors (Lipinski definition) is 4. The van der Waals surface area contributed by atoms with Crippen LogP contribution in [0, 0.1) is 0 Å². The Bertz CT molecular complexity index is 333. The fourth-order valence-electron chi connectivity index (χ4n) is 3.13. The minimum Gasteiger partial charge on any atom is -0.480 e. The second-order valence-electron chi connectivity index (χ2n) is 6.21. The highest BCUT2D eigenvalue weighted by atomic mass is 16.5. The van der Waals surface area contributed by atoms with Gasteiger partial charge in [-0.3, -0.25) is 15.0 Å². The maximum absolute atomic E-state index is 11.5. The van der Waals surface area contributed by atoms with Gasteiger partial charge in [0.25, 0.3) is 0 Å². The number of likely N-dealkylation sites (tertiary alicyclic amines) is 1. The highest BCUT2D eigenvalue weighted by Gasteiger charge is 2.42. The lowest BCUT2D eigenvalue weighted by atomic mass is 10.0. The number of fused-ring (bicyclic) bond motifs is 2. The monoisotopic (exact) mass is 254 g/mol. The van der Waals surface area contributed by atoms with Crippen LogP contribution in [0.25, 0.3) is 0 Å². The highest BCUT2D eigenvalue weighted by Crippen LogP contribution is 2.28. The van der Waals surface area contributed by atoms with Crippen molar-refractivity contribution in [3.05, 3.63) is 0 Å². The molecule has 3 aliphatic rings. The van der Waals surface area contributed by atoms with Crippen LogP contribution in [0.5, 0.6) is 0 Å². The first-order chi connectivity index (χ1) is 8.55. The molecule has 1 aliphatic carbocycles. The van der Waals surface area contributed by atoms with Crippen molar-refractivity contribution in [3.63, 3.8) is 0 Å². The summed E-state index contributed by atoms with van der Waals surface area (Å²) >= 11 is 0. The molecule has 0 amide bonds. The molecular weight excluding hydrogens is 232 g/mol. The minimum absolute atomic E-state index is 0.322. The van der Waals surface area contributed by atoms with Gasteiger partial charge < -0.3 is 9.84 Å². The van der Waals surface area contributed by atoms with Crippen LogP contribution in [0.3, 0.4) is 0 Å². The van der Waals surface area contributed by atoms with Crippen LogP contribution in [0.2, 0.25) is 0 Å². The standard InChI is InChI=1S/C13H22N2O3/c1-13(12(16)17,14-9-2-3-9)8-15-6-10-4-5-11(7-15)18-10/h9-11,14H,2-8H2,1H3,(H,16,17). The van der Waals surface area contributed by atoms with Crippen molar-refractivity contribution >= 4 is 5.97 Å². The third kappa shape index (κ3) is 2.53. The molecule has 3 atom stereocenters. The van der Waals surface area contributed by atoms with Crippen molar-refractivity contribution in [2.45, 2.75) is 56.4 Å². The van der Waals surface area contributed by atoms with Gasteiger partial charge in [0.2, 0.25) is 0 Å². The van der Waals surface area contributed by atoms with Crippen molar-refractivity contribution in [1.29, 1.82) is 0 Å². The lowest BCUT2D eigenvalue weighted by molar-refractivity contribution is -0.146. The third-order valence-electron chi connectivity index (χ3n) is 4.23. The number of nitrogens with zero attached hydrogens (tertiary/aromatic N) is 1. The summed E-state index contributed by atoms with van der Waals surface area (Å²) in [5, 5.41) is 12.7. The average Bonchev–Trinajstić information content (AvgIpc) is 3.03. The number of carboxylic acids is 1. The largest absolute Gasteiger partial charge is 0.480 e. The number of rotatable bonds is 5. The molecule has 0 radical (unpaired) electrons. The summed E-state index contributed by atoms with van der Waals surface area (Å²) < 4.78 is 5.79. The van der Waals surface area contributed by atoms with E-state index in [1.165, 1.54) is 0 Å². The molecule has 3 rings (SSSR count). The van der Waals surface area contributed by atoms with Crippen molar-refractivity contribution in [2.75, 3.05) is 19.6 Å². The Labute approximate surface area is 107 Å². The van der Waals surface area contributed by atoms with E-state index in [0.717, 1.165) is 38.8 Å². The normalized spacial score (nSPS) is 35.4. The smallest absolute Gasteiger partial charge is 0.324 e. The van der Waals surface area contributed by atoms with Crippen molar-refractivity contribution < 1.29 is 14.6 Å². The van der Waals surface area contributed by atoms with Gasteiger partial charge in [-0.15, -0.1) is 0 Å². The van der Waals surface area contributed by atoms with E-state index in [2.05, 4.69) is 10.2 Å². The summed E-state index contributed by atoms with van der Waals surface area (Å²) in [5.41, 5.74) is -0.821. The number of hydrogen-bond donors (Lipinski definition) is 2. The van der Waals surface area contributed by atoms with E-state index in [-0.39, 0.29) is 0 Å². The quantitative estimate of drug-likeness (QED) is 0.745. The lowest BCUT2D eigenvalue weighted by Crippen LogP contribution is -2.60. The molecule has 5 heteroatoms. The molecule has 1 saturated carbocycles. The maximum Gasteiger partial charge on any atom is 0.324 e. The third-order valence-corrected chi connectivity index (χ3v) is 4.23. The van der Waals surface area contributed by atoms with Crippen LogP contribution in [0.15, 0.2) is 0 Å². The van der Waals surface area contributed by atoms with E-state index in [1.54, 1.807) is 0 Å². The van der Waals surface area contributed by atoms with Crippen LogP contribution >= 0.6 is 0 Å². The molecule has 3 fully saturated rings. The number of morpholine rings is 1. The molecule has 3 unspecified atom stereocenters. The molecule has 0 spiro atoms. The number of carboxylic acid groups (broad SMARTS) is 1. The Morgan fingerprint density at radius 2 is 1.94 bits per heavy atom. The first-order valence-corrected chi connectivity index (χ1v) is 6.94. The van der Waals surface area contributed by atoms with Crippen LogP contribution in [-0.2, 0) is 9.53 Å². The zero-order chi connectivity index (χ0) is 12.8. The van der Waals surface area contributed by atoms with E-state index in [1.807, 2.05) is 6.92 Å². The summed E-state index contributed by atoms with van der Waals surface area (Å²) in [7, 11) is 0. The maximum atomic E-state index is 11.5. The van der Waals surface area contributed by atoms with Gasteiger partial charge >= 0.3 is 5.97 Å². The molecule has 2 heterocycles. The molecule has 2 aliphatic heterocycles. The Balaban J connectivity index is 1.63. The Kier molecular flexibility index (Phi) is 3.08. The van der Waals surface area contributed by atoms with E-state index < -0.39 is 11.5 Å². The van der Waals surface area contributed by atoms with E-state index in [0.29, 0.717) is 24.8 Å². The number of carbonyl (C=O) groups is 1. The van der Waals surface area contributed by atoms with E-state index in [4.69, 9.17) is 4.74 Å². The highest BCUT2D eigenvalue weighted by molar-refractivity contribution is 5.78. The molecule has 2 bridgehead atoms. The summed E-state index contributed by atoms with van der Waals surface area (Å²) in [5.74, 6) is -0.742. The van der Waals surface area contributed by atoms with Gasteiger partial charge in [0, 0.05) is 25.7 Å². The molecule has 0 aromatic carbocycles. The SMILES string of the molecule is CC(CN1CC2CCC(C1)O2)(NC1CC1)C(=O)O. The van der Waals surface area contributed by atoms with Crippen molar-refractivity contribution in [3.8, 4) is 0 Å². The second kappa shape index (κ2) is 4.47. The van der Waals surface area contributed by atoms with Gasteiger partial charge in [0.15, 0.2) is 0 Å². The first kappa shape index (κ1) is 12.4. The fraction of sp³-hybridized carbons (Fsp3) is 0.923. The van der Waals surface area contributed by atoms with Crippen LogP contribution < -0.4 is 5.32 Å². The summed E-state index contributed by atoms with van der Waals surface area (Å²) in [6.07, 6.45) is 5.11. The minimum atomic E-state index is -0.821. The number of aliphatic carboxylic acids is 1. The van der Waals surface area contributed by atoms with Gasteiger partial charge in [-0.2, -0.15) is 0 Å². The zero-order valence-corrected chi connectivity index (χ0v) is 10.9. The molecule has 18 heavy (non-hydrogen) atoms. The molecule has 5 nitrogen and oxygen atoms in total. The fourth-order valence-corrected chi connectivity index (χ4v) is 3.13. The lowest BCUT2D eigenvalue weighted by Gasteiger charge is -2.37. The summed E-state index contributed by atoms with van der Waals surface area (Å²) in [6.45, 7) is 4.15. The molecule has 0 aromatic heterocycles. The van der Waals surface area contributed by atoms with Gasteiger partial charge in [0.05, 0.1) is 12.2 Å². The van der Waals surface area contributed by atoms with Gasteiger partial charge in [0.1, 0.15) is 5.54 Å². The summed E-state index contributed by atoms with van der Waals surface area (Å²) in [4.78, 5) is 13.8. The molecule has 2 N–H and O–H groups in total. The van der Waals surface area contributed by atoms with E-state index >= 15 is 0 Å². The van der Waals surface area contributed by atoms with Crippen molar-refractivity contribution in [2.24, 2.45) is 0 Å². The first-order valence-electron chi connectivity index (χ1n) is 6.94. The average molecular weight is 254 g/mol. The van der Waals surface area contributed by atoms with Gasteiger partial charge in [-0.25, -0.2) is 0 Å². The Morgan fingerprint density at radius 3 is 2.44 bits per heavy atom. The molecular formula is C13H22N2O3. The molecule has 2 saturated heterocycles. The Morgan fingerprint density at radius 1 is 1.33 bits per heavy atom. The van der Waals surface area contributed by atoms with Crippen LogP contribution in [0.4, 0.5) is 0 Å². The summed E-state index contributed by atoms with van der Waals surface area (Å²) in [6, 6.07) is 0.406. The number of ether oxygens (including phenoxy) is 1. The van der Waals surface area contributed by atoms with Crippen molar-refractivity contribution in [1.82, 2.24) is 10.2 Å². The molecule has 102 valence electrons. The van der Waals surface area contributed by atoms with Crippen LogP contribution in [0.1, 0.15) is 32.6 Å². The predicted molar refractivity (Wildman–Crippen MR) is 66.5 cm³/mol. The van der Waals surface area contributed by atoms with Gasteiger partial charge in [-0.1, -0.05) is 0 Å². The zero-order valence-electron chi connectivity index (χ0n) is 10.9. The van der Waals surface area contributed by atoms with Gasteiger partial charge in [-0.05, 0) is 32.6 Å². The number of nitrogens with one attached hydrogen (secondary N) is 1. The molecule has 0 aromatic rings.